The SMILES string of the molecule is CC1COC(CCl)CN1S(=O)(=O)CCS(C)(=O)=O. The molecule has 0 spiro atoms. The van der Waals surface area contributed by atoms with Crippen molar-refractivity contribution in [3.63, 3.8) is 0 Å². The summed E-state index contributed by atoms with van der Waals surface area (Å²) >= 11 is 5.65. The van der Waals surface area contributed by atoms with Crippen LogP contribution in [0.15, 0.2) is 0 Å². The number of halogens is 1. The fraction of sp³-hybridized carbons (Fsp3) is 1.00. The van der Waals surface area contributed by atoms with E-state index in [1.807, 2.05) is 0 Å². The molecule has 1 rings (SSSR count). The highest BCUT2D eigenvalue weighted by atomic mass is 35.5. The third kappa shape index (κ3) is 4.65. The zero-order chi connectivity index (χ0) is 14.0. The Balaban J connectivity index is 2.76. The summed E-state index contributed by atoms with van der Waals surface area (Å²) in [6.07, 6.45) is 0.684. The van der Waals surface area contributed by atoms with Gasteiger partial charge in [-0.1, -0.05) is 0 Å². The van der Waals surface area contributed by atoms with Gasteiger partial charge in [0.25, 0.3) is 0 Å². The van der Waals surface area contributed by atoms with Crippen LogP contribution in [0.2, 0.25) is 0 Å². The Labute approximate surface area is 113 Å². The molecule has 1 heterocycles. The molecule has 0 aromatic heterocycles. The molecule has 1 saturated heterocycles. The average molecular weight is 320 g/mol. The normalized spacial score (nSPS) is 27.3. The quantitative estimate of drug-likeness (QED) is 0.649. The van der Waals surface area contributed by atoms with E-state index in [0.29, 0.717) is 0 Å². The van der Waals surface area contributed by atoms with Gasteiger partial charge in [-0.3, -0.25) is 0 Å². The molecule has 18 heavy (non-hydrogen) atoms. The van der Waals surface area contributed by atoms with Crippen molar-refractivity contribution in [3.05, 3.63) is 0 Å². The van der Waals surface area contributed by atoms with Gasteiger partial charge < -0.3 is 4.74 Å². The van der Waals surface area contributed by atoms with Crippen LogP contribution >= 0.6 is 11.6 Å². The Morgan fingerprint density at radius 3 is 2.39 bits per heavy atom. The Hall–Kier alpha value is 0.110. The fourth-order valence-electron chi connectivity index (χ4n) is 1.65. The molecule has 0 N–H and O–H groups in total. The molecule has 1 aliphatic heterocycles. The van der Waals surface area contributed by atoms with Crippen molar-refractivity contribution in [2.75, 3.05) is 36.8 Å². The summed E-state index contributed by atoms with van der Waals surface area (Å²) < 4.78 is 52.8. The largest absolute Gasteiger partial charge is 0.374 e. The highest BCUT2D eigenvalue weighted by Crippen LogP contribution is 2.17. The molecule has 0 radical (unpaired) electrons. The maximum absolute atomic E-state index is 12.1. The van der Waals surface area contributed by atoms with Gasteiger partial charge in [0.1, 0.15) is 9.84 Å². The van der Waals surface area contributed by atoms with Gasteiger partial charge in [-0.2, -0.15) is 4.31 Å². The topological polar surface area (TPSA) is 80.8 Å². The first-order valence-electron chi connectivity index (χ1n) is 5.50. The van der Waals surface area contributed by atoms with E-state index in [4.69, 9.17) is 16.3 Å². The number of sulfone groups is 1. The lowest BCUT2D eigenvalue weighted by Gasteiger charge is -2.36. The number of ether oxygens (including phenoxy) is 1. The van der Waals surface area contributed by atoms with Crippen molar-refractivity contribution in [1.82, 2.24) is 4.31 Å². The Morgan fingerprint density at radius 2 is 1.89 bits per heavy atom. The van der Waals surface area contributed by atoms with Gasteiger partial charge in [0.05, 0.1) is 24.2 Å². The monoisotopic (exact) mass is 319 g/mol. The molecule has 0 bridgehead atoms. The van der Waals surface area contributed by atoms with Gasteiger partial charge in [-0.15, -0.1) is 11.6 Å². The molecule has 1 aliphatic rings. The lowest BCUT2D eigenvalue weighted by Crippen LogP contribution is -2.52. The smallest absolute Gasteiger partial charge is 0.215 e. The number of rotatable bonds is 5. The van der Waals surface area contributed by atoms with Crippen LogP contribution in [-0.4, -0.2) is 70.1 Å². The molecule has 6 nitrogen and oxygen atoms in total. The second-order valence-corrected chi connectivity index (χ2v) is 9.08. The second kappa shape index (κ2) is 6.04. The van der Waals surface area contributed by atoms with Crippen LogP contribution in [0, 0.1) is 0 Å². The van der Waals surface area contributed by atoms with Crippen LogP contribution < -0.4 is 0 Å². The maximum Gasteiger partial charge on any atom is 0.215 e. The summed E-state index contributed by atoms with van der Waals surface area (Å²) in [5, 5.41) is 0. The van der Waals surface area contributed by atoms with Gasteiger partial charge in [0, 0.05) is 24.7 Å². The summed E-state index contributed by atoms with van der Waals surface area (Å²) in [6.45, 7) is 2.18. The van der Waals surface area contributed by atoms with Crippen LogP contribution in [0.5, 0.6) is 0 Å². The average Bonchev–Trinajstić information content (AvgIpc) is 2.26. The fourth-order valence-corrected chi connectivity index (χ4v) is 5.12. The van der Waals surface area contributed by atoms with Gasteiger partial charge in [0.15, 0.2) is 0 Å². The van der Waals surface area contributed by atoms with Crippen LogP contribution in [0.25, 0.3) is 0 Å². The predicted octanol–water partition coefficient (Wildman–Crippen LogP) is -0.311. The van der Waals surface area contributed by atoms with E-state index in [1.54, 1.807) is 6.92 Å². The summed E-state index contributed by atoms with van der Waals surface area (Å²) in [4.78, 5) is 0. The summed E-state index contributed by atoms with van der Waals surface area (Å²) in [5.41, 5.74) is 0. The molecule has 9 heteroatoms. The Morgan fingerprint density at radius 1 is 1.28 bits per heavy atom. The molecule has 0 amide bonds. The highest BCUT2D eigenvalue weighted by molar-refractivity contribution is 7.93. The van der Waals surface area contributed by atoms with Crippen molar-refractivity contribution in [1.29, 1.82) is 0 Å². The van der Waals surface area contributed by atoms with Crippen LogP contribution in [0.1, 0.15) is 6.92 Å². The zero-order valence-electron chi connectivity index (χ0n) is 10.4. The van der Waals surface area contributed by atoms with Crippen molar-refractivity contribution in [2.45, 2.75) is 19.1 Å². The number of alkyl halides is 1. The Bertz CT molecular complexity index is 475. The second-order valence-electron chi connectivity index (χ2n) is 4.47. The third-order valence-corrected chi connectivity index (χ3v) is 6.18. The minimum absolute atomic E-state index is 0.177. The van der Waals surface area contributed by atoms with Crippen LogP contribution in [0.4, 0.5) is 0 Å². The van der Waals surface area contributed by atoms with E-state index in [9.17, 15) is 16.8 Å². The van der Waals surface area contributed by atoms with Crippen LogP contribution in [-0.2, 0) is 24.6 Å². The molecular weight excluding hydrogens is 302 g/mol. The molecule has 108 valence electrons. The van der Waals surface area contributed by atoms with E-state index in [-0.39, 0.29) is 36.9 Å². The lowest BCUT2D eigenvalue weighted by molar-refractivity contribution is -0.0151. The molecule has 0 aromatic carbocycles. The summed E-state index contributed by atoms with van der Waals surface area (Å²) in [5.74, 6) is -0.555. The van der Waals surface area contributed by atoms with Crippen molar-refractivity contribution >= 4 is 31.5 Å². The van der Waals surface area contributed by atoms with E-state index in [1.165, 1.54) is 4.31 Å². The third-order valence-electron chi connectivity index (χ3n) is 2.69. The van der Waals surface area contributed by atoms with E-state index in [0.717, 1.165) is 6.26 Å². The van der Waals surface area contributed by atoms with E-state index in [2.05, 4.69) is 0 Å². The molecule has 1 fully saturated rings. The number of morpholine rings is 1. The maximum atomic E-state index is 12.1. The summed E-state index contributed by atoms with van der Waals surface area (Å²) in [7, 11) is -6.89. The predicted molar refractivity (Wildman–Crippen MR) is 70.1 cm³/mol. The molecule has 0 aliphatic carbocycles. The first-order valence-corrected chi connectivity index (χ1v) is 9.71. The van der Waals surface area contributed by atoms with Gasteiger partial charge in [0.2, 0.25) is 10.0 Å². The molecular formula is C9H18ClNO5S2. The standard InChI is InChI=1S/C9H18ClNO5S2/c1-8-7-16-9(5-10)6-11(8)18(14,15)4-3-17(2,12)13/h8-9H,3-7H2,1-2H3. The minimum atomic E-state index is -3.59. The first-order chi connectivity index (χ1) is 8.15. The number of nitrogens with zero attached hydrogens (tertiary/aromatic N) is 1. The van der Waals surface area contributed by atoms with Crippen molar-refractivity contribution in [3.8, 4) is 0 Å². The molecule has 0 saturated carbocycles. The first kappa shape index (κ1) is 16.2. The van der Waals surface area contributed by atoms with Crippen molar-refractivity contribution in [2.24, 2.45) is 0 Å². The van der Waals surface area contributed by atoms with Gasteiger partial charge in [-0.25, -0.2) is 16.8 Å². The number of sulfonamides is 1. The van der Waals surface area contributed by atoms with Gasteiger partial charge >= 0.3 is 0 Å². The minimum Gasteiger partial charge on any atom is -0.374 e. The summed E-state index contributed by atoms with van der Waals surface area (Å²) in [6, 6.07) is -0.297. The van der Waals surface area contributed by atoms with Crippen LogP contribution in [0.3, 0.4) is 0 Å². The zero-order valence-corrected chi connectivity index (χ0v) is 12.8. The molecule has 2 unspecified atom stereocenters. The van der Waals surface area contributed by atoms with Gasteiger partial charge in [-0.05, 0) is 6.92 Å². The van der Waals surface area contributed by atoms with E-state index >= 15 is 0 Å². The number of hydrogen-bond donors (Lipinski definition) is 0. The van der Waals surface area contributed by atoms with Crippen molar-refractivity contribution < 1.29 is 21.6 Å². The van der Waals surface area contributed by atoms with E-state index < -0.39 is 25.6 Å². The molecule has 0 aromatic rings. The lowest BCUT2D eigenvalue weighted by atomic mass is 10.2. The highest BCUT2D eigenvalue weighted by Gasteiger charge is 2.34. The Kier molecular flexibility index (Phi) is 5.43. The molecule has 2 atom stereocenters. The number of hydrogen-bond acceptors (Lipinski definition) is 5.